The second-order valence-corrected chi connectivity index (χ2v) is 7.36. The standard InChI is InChI=1S/C15H13BrN2O2S2/c16-13-6-7-14(21-10-11-4-2-1-3-5-11)12(8-13)9-15-17-20-22(19)18-15/h1-8H,9-10H2,(H,17,18). The van der Waals surface area contributed by atoms with E-state index in [2.05, 4.69) is 50.1 Å². The van der Waals surface area contributed by atoms with Gasteiger partial charge in [0.2, 0.25) is 0 Å². The van der Waals surface area contributed by atoms with Gasteiger partial charge in [-0.3, -0.25) is 0 Å². The highest BCUT2D eigenvalue weighted by molar-refractivity contribution is 9.10. The average molecular weight is 397 g/mol. The zero-order chi connectivity index (χ0) is 15.4. The van der Waals surface area contributed by atoms with Crippen molar-refractivity contribution in [3.8, 4) is 0 Å². The van der Waals surface area contributed by atoms with E-state index in [4.69, 9.17) is 4.28 Å². The largest absolute Gasteiger partial charge is 0.309 e. The lowest BCUT2D eigenvalue weighted by atomic mass is 10.1. The van der Waals surface area contributed by atoms with Gasteiger partial charge in [0.15, 0.2) is 0 Å². The number of rotatable bonds is 5. The maximum Gasteiger partial charge on any atom is 0.309 e. The molecule has 0 radical (unpaired) electrons. The van der Waals surface area contributed by atoms with Gasteiger partial charge in [-0.2, -0.15) is 4.28 Å². The van der Waals surface area contributed by atoms with Crippen LogP contribution in [0.2, 0.25) is 0 Å². The summed E-state index contributed by atoms with van der Waals surface area (Å²) >= 11 is 3.65. The Balaban J connectivity index is 1.75. The van der Waals surface area contributed by atoms with Crippen LogP contribution in [0.15, 0.2) is 62.3 Å². The predicted octanol–water partition coefficient (Wildman–Crippen LogP) is 3.80. The van der Waals surface area contributed by atoms with Crippen molar-refractivity contribution in [2.45, 2.75) is 17.1 Å². The molecule has 1 N–H and O–H groups in total. The summed E-state index contributed by atoms with van der Waals surface area (Å²) in [5.41, 5.74) is 5.00. The molecule has 0 amide bonds. The van der Waals surface area contributed by atoms with Gasteiger partial charge in [0.25, 0.3) is 0 Å². The van der Waals surface area contributed by atoms with E-state index in [0.29, 0.717) is 12.3 Å². The second kappa shape index (κ2) is 7.41. The molecule has 0 bridgehead atoms. The summed E-state index contributed by atoms with van der Waals surface area (Å²) in [7, 11) is 0. The molecule has 0 aromatic heterocycles. The second-order valence-electron chi connectivity index (χ2n) is 4.64. The van der Waals surface area contributed by atoms with Crippen molar-refractivity contribution < 1.29 is 8.49 Å². The highest BCUT2D eigenvalue weighted by Crippen LogP contribution is 2.29. The number of nitrogens with zero attached hydrogens (tertiary/aromatic N) is 1. The summed E-state index contributed by atoms with van der Waals surface area (Å²) in [5, 5.41) is 0. The Morgan fingerprint density at radius 3 is 2.77 bits per heavy atom. The quantitative estimate of drug-likeness (QED) is 0.780. The molecular formula is C15H13BrN2O2S2. The summed E-state index contributed by atoms with van der Waals surface area (Å²) in [5.74, 6) is 1.48. The van der Waals surface area contributed by atoms with E-state index in [1.807, 2.05) is 24.3 Å². The molecule has 7 heteroatoms. The number of benzene rings is 2. The van der Waals surface area contributed by atoms with Crippen LogP contribution < -0.4 is 5.48 Å². The Labute approximate surface area is 144 Å². The van der Waals surface area contributed by atoms with E-state index in [0.717, 1.165) is 15.8 Å². The number of hydrogen-bond donors (Lipinski definition) is 1. The minimum atomic E-state index is -1.61. The minimum Gasteiger partial charge on any atom is -0.234 e. The van der Waals surface area contributed by atoms with Crippen LogP contribution in [0, 0.1) is 0 Å². The third-order valence-corrected chi connectivity index (χ3v) is 5.31. The fourth-order valence-electron chi connectivity index (χ4n) is 2.02. The van der Waals surface area contributed by atoms with Crippen molar-refractivity contribution >= 4 is 44.8 Å². The van der Waals surface area contributed by atoms with Crippen LogP contribution in [0.25, 0.3) is 0 Å². The Morgan fingerprint density at radius 1 is 1.23 bits per heavy atom. The van der Waals surface area contributed by atoms with Crippen molar-refractivity contribution in [1.82, 2.24) is 5.48 Å². The van der Waals surface area contributed by atoms with E-state index in [1.165, 1.54) is 10.5 Å². The summed E-state index contributed by atoms with van der Waals surface area (Å²) in [6.45, 7) is 0. The van der Waals surface area contributed by atoms with Crippen molar-refractivity contribution in [2.24, 2.45) is 4.40 Å². The summed E-state index contributed by atoms with van der Waals surface area (Å²) in [6.07, 6.45) is 0.558. The monoisotopic (exact) mass is 396 g/mol. The summed E-state index contributed by atoms with van der Waals surface area (Å²) in [6, 6.07) is 16.5. The zero-order valence-electron chi connectivity index (χ0n) is 11.5. The molecule has 1 unspecified atom stereocenters. The Morgan fingerprint density at radius 2 is 2.05 bits per heavy atom. The van der Waals surface area contributed by atoms with Crippen molar-refractivity contribution in [2.75, 3.05) is 0 Å². The van der Waals surface area contributed by atoms with Crippen LogP contribution in [0.5, 0.6) is 0 Å². The van der Waals surface area contributed by atoms with Gasteiger partial charge in [0.05, 0.1) is 0 Å². The summed E-state index contributed by atoms with van der Waals surface area (Å²) in [4.78, 5) is 1.18. The molecule has 0 aliphatic carbocycles. The van der Waals surface area contributed by atoms with Crippen molar-refractivity contribution in [1.29, 1.82) is 0 Å². The lowest BCUT2D eigenvalue weighted by Gasteiger charge is -2.10. The molecule has 1 heterocycles. The predicted molar refractivity (Wildman–Crippen MR) is 93.6 cm³/mol. The van der Waals surface area contributed by atoms with Crippen LogP contribution in [0.3, 0.4) is 0 Å². The first kappa shape index (κ1) is 15.7. The van der Waals surface area contributed by atoms with Crippen molar-refractivity contribution in [3.63, 3.8) is 0 Å². The number of hydroxylamine groups is 1. The van der Waals surface area contributed by atoms with Crippen LogP contribution in [0.1, 0.15) is 11.1 Å². The maximum atomic E-state index is 11.1. The molecule has 0 saturated heterocycles. The van der Waals surface area contributed by atoms with E-state index in [1.54, 1.807) is 11.8 Å². The highest BCUT2D eigenvalue weighted by Gasteiger charge is 2.15. The zero-order valence-corrected chi connectivity index (χ0v) is 14.7. The lowest BCUT2D eigenvalue weighted by molar-refractivity contribution is 0.303. The molecule has 0 fully saturated rings. The number of halogens is 1. The van der Waals surface area contributed by atoms with Gasteiger partial charge < -0.3 is 0 Å². The number of nitrogens with one attached hydrogen (secondary N) is 1. The molecule has 1 aliphatic heterocycles. The van der Waals surface area contributed by atoms with Crippen LogP contribution in [0.4, 0.5) is 0 Å². The number of hydrogen-bond acceptors (Lipinski definition) is 4. The molecule has 2 aromatic rings. The first-order chi connectivity index (χ1) is 10.7. The average Bonchev–Trinajstić information content (AvgIpc) is 2.93. The molecule has 22 heavy (non-hydrogen) atoms. The molecule has 1 aliphatic rings. The van der Waals surface area contributed by atoms with E-state index in [-0.39, 0.29) is 0 Å². The van der Waals surface area contributed by atoms with Gasteiger partial charge in [-0.25, -0.2) is 9.69 Å². The fourth-order valence-corrected chi connectivity index (χ4v) is 3.91. The van der Waals surface area contributed by atoms with Gasteiger partial charge in [0, 0.05) is 21.5 Å². The van der Waals surface area contributed by atoms with Gasteiger partial charge >= 0.3 is 11.3 Å². The van der Waals surface area contributed by atoms with Gasteiger partial charge in [0.1, 0.15) is 5.84 Å². The van der Waals surface area contributed by atoms with E-state index >= 15 is 0 Å². The minimum absolute atomic E-state index is 0.558. The molecular weight excluding hydrogens is 384 g/mol. The van der Waals surface area contributed by atoms with E-state index in [9.17, 15) is 4.21 Å². The SMILES string of the molecule is O=S1N=C(Cc2cc(Br)ccc2SCc2ccccc2)NO1. The third-order valence-electron chi connectivity index (χ3n) is 3.03. The normalized spacial score (nSPS) is 17.1. The highest BCUT2D eigenvalue weighted by atomic mass is 79.9. The Kier molecular flexibility index (Phi) is 5.30. The number of amidine groups is 1. The Hall–Kier alpha value is -1.15. The smallest absolute Gasteiger partial charge is 0.234 e. The molecule has 0 spiro atoms. The van der Waals surface area contributed by atoms with Crippen LogP contribution in [-0.2, 0) is 27.7 Å². The maximum absolute atomic E-state index is 11.1. The molecule has 2 aromatic carbocycles. The Bertz CT molecular complexity index is 723. The molecule has 114 valence electrons. The molecule has 0 saturated carbocycles. The van der Waals surface area contributed by atoms with Gasteiger partial charge in [-0.1, -0.05) is 46.3 Å². The van der Waals surface area contributed by atoms with Crippen LogP contribution in [-0.4, -0.2) is 10.0 Å². The van der Waals surface area contributed by atoms with Crippen LogP contribution >= 0.6 is 27.7 Å². The topological polar surface area (TPSA) is 50.7 Å². The number of thioether (sulfide) groups is 1. The first-order valence-corrected chi connectivity index (χ1v) is 9.40. The van der Waals surface area contributed by atoms with Gasteiger partial charge in [-0.05, 0) is 29.3 Å². The van der Waals surface area contributed by atoms with Crippen molar-refractivity contribution in [3.05, 3.63) is 64.1 Å². The first-order valence-electron chi connectivity index (χ1n) is 6.58. The van der Waals surface area contributed by atoms with E-state index < -0.39 is 11.3 Å². The third kappa shape index (κ3) is 4.19. The molecule has 3 rings (SSSR count). The summed E-state index contributed by atoms with van der Waals surface area (Å²) < 4.78 is 20.8. The van der Waals surface area contributed by atoms with Gasteiger partial charge in [-0.15, -0.1) is 16.2 Å². The fraction of sp³-hybridized carbons (Fsp3) is 0.133. The lowest BCUT2D eigenvalue weighted by Crippen LogP contribution is -2.19. The molecule has 4 nitrogen and oxygen atoms in total. The molecule has 1 atom stereocenters.